The van der Waals surface area contributed by atoms with Crippen LogP contribution in [0.5, 0.6) is 0 Å². The minimum atomic E-state index is -4.50. The number of phosphoric ester groups is 1. The molecule has 0 bridgehead atoms. The molecule has 0 aromatic carbocycles. The van der Waals surface area contributed by atoms with E-state index in [1.807, 2.05) is 21.1 Å². The monoisotopic (exact) mass is 591 g/mol. The lowest BCUT2D eigenvalue weighted by molar-refractivity contribution is -0.870. The number of carbonyl (C=O) groups excluding carboxylic acids is 1. The Hall–Kier alpha value is -0.760. The highest BCUT2D eigenvalue weighted by molar-refractivity contribution is 7.45. The summed E-state index contributed by atoms with van der Waals surface area (Å²) in [6.07, 6.45) is 22.2. The van der Waals surface area contributed by atoms with Gasteiger partial charge in [-0.3, -0.25) is 9.36 Å². The minimum Gasteiger partial charge on any atom is -0.756 e. The molecule has 0 fully saturated rings. The molecule has 0 amide bonds. The number of ether oxygens (including phenoxy) is 2. The number of rotatable bonds is 29. The van der Waals surface area contributed by atoms with Crippen molar-refractivity contribution < 1.29 is 37.3 Å². The lowest BCUT2D eigenvalue weighted by atomic mass is 10.1. The van der Waals surface area contributed by atoms with E-state index in [0.717, 1.165) is 51.4 Å². The summed E-state index contributed by atoms with van der Waals surface area (Å²) < 4.78 is 34.1. The third-order valence-electron chi connectivity index (χ3n) is 6.55. The molecule has 0 saturated heterocycles. The van der Waals surface area contributed by atoms with Crippen LogP contribution in [0.25, 0.3) is 0 Å². The van der Waals surface area contributed by atoms with Crippen molar-refractivity contribution in [3.8, 4) is 0 Å². The van der Waals surface area contributed by atoms with Crippen LogP contribution in [0.15, 0.2) is 12.2 Å². The Bertz CT molecular complexity index is 667. The van der Waals surface area contributed by atoms with Gasteiger partial charge in [-0.1, -0.05) is 96.6 Å². The number of nitrogens with zero attached hydrogens (tertiary/aromatic N) is 1. The zero-order chi connectivity index (χ0) is 30.0. The highest BCUT2D eigenvalue weighted by Crippen LogP contribution is 2.38. The number of hydrogen-bond donors (Lipinski definition) is 0. The molecule has 8 nitrogen and oxygen atoms in total. The summed E-state index contributed by atoms with van der Waals surface area (Å²) in [6, 6.07) is 0. The third-order valence-corrected chi connectivity index (χ3v) is 7.51. The first-order valence-electron chi connectivity index (χ1n) is 15.9. The van der Waals surface area contributed by atoms with E-state index in [0.29, 0.717) is 24.1 Å². The van der Waals surface area contributed by atoms with Crippen LogP contribution in [0.2, 0.25) is 0 Å². The van der Waals surface area contributed by atoms with E-state index in [9.17, 15) is 14.3 Å². The largest absolute Gasteiger partial charge is 0.756 e. The van der Waals surface area contributed by atoms with Crippen molar-refractivity contribution in [3.63, 3.8) is 0 Å². The van der Waals surface area contributed by atoms with E-state index >= 15 is 0 Å². The van der Waals surface area contributed by atoms with E-state index in [4.69, 9.17) is 18.5 Å². The molecule has 0 aliphatic carbocycles. The zero-order valence-corrected chi connectivity index (χ0v) is 27.4. The Morgan fingerprint density at radius 1 is 0.750 bits per heavy atom. The van der Waals surface area contributed by atoms with Gasteiger partial charge in [-0.25, -0.2) is 0 Å². The smallest absolute Gasteiger partial charge is 0.306 e. The number of carbonyl (C=O) groups is 1. The van der Waals surface area contributed by atoms with Crippen LogP contribution in [0.3, 0.4) is 0 Å². The average Bonchev–Trinajstić information content (AvgIpc) is 2.88. The summed E-state index contributed by atoms with van der Waals surface area (Å²) in [7, 11) is 1.35. The zero-order valence-electron chi connectivity index (χ0n) is 26.5. The van der Waals surface area contributed by atoms with Crippen LogP contribution >= 0.6 is 7.82 Å². The predicted molar refractivity (Wildman–Crippen MR) is 162 cm³/mol. The van der Waals surface area contributed by atoms with E-state index in [2.05, 4.69) is 26.0 Å². The van der Waals surface area contributed by atoms with Crippen LogP contribution in [0.4, 0.5) is 0 Å². The van der Waals surface area contributed by atoms with E-state index in [1.165, 1.54) is 51.4 Å². The summed E-state index contributed by atoms with van der Waals surface area (Å²) in [4.78, 5) is 24.7. The highest BCUT2D eigenvalue weighted by atomic mass is 31.2. The molecule has 2 atom stereocenters. The van der Waals surface area contributed by atoms with Gasteiger partial charge in [-0.15, -0.1) is 0 Å². The maximum atomic E-state index is 12.5. The number of phosphoric acid groups is 1. The van der Waals surface area contributed by atoms with Crippen LogP contribution in [0, 0.1) is 0 Å². The normalized spacial score (nSPS) is 14.4. The summed E-state index contributed by atoms with van der Waals surface area (Å²) in [5, 5.41) is 0. The Balaban J connectivity index is 4.40. The molecule has 2 unspecified atom stereocenters. The molecule has 0 heterocycles. The standard InChI is InChI=1S/C31H62NO7P/c1-6-8-10-12-14-16-17-18-20-22-24-31(33)39-30(28-36-26-23-21-19-15-13-11-9-7-2)29-38-40(34,35)37-27-25-32(3,4)5/h10,12,30H,6-9,11,13-29H2,1-5H3/b12-10-. The van der Waals surface area contributed by atoms with Gasteiger partial charge in [0, 0.05) is 13.0 Å². The number of likely N-dealkylation sites (N-methyl/N-ethyl adjacent to an activating group) is 1. The summed E-state index contributed by atoms with van der Waals surface area (Å²) in [5.41, 5.74) is 0. The third kappa shape index (κ3) is 28.8. The van der Waals surface area contributed by atoms with Gasteiger partial charge in [-0.2, -0.15) is 0 Å². The lowest BCUT2D eigenvalue weighted by Crippen LogP contribution is -2.37. The van der Waals surface area contributed by atoms with Crippen LogP contribution in [-0.2, 0) is 27.9 Å². The summed E-state index contributed by atoms with van der Waals surface area (Å²) >= 11 is 0. The van der Waals surface area contributed by atoms with Gasteiger partial charge in [-0.05, 0) is 32.1 Å². The molecule has 0 rings (SSSR count). The first-order chi connectivity index (χ1) is 19.1. The molecular formula is C31H62NO7P. The number of unbranched alkanes of at least 4 members (excludes halogenated alkanes) is 13. The minimum absolute atomic E-state index is 0.0265. The molecule has 0 saturated carbocycles. The molecule has 0 N–H and O–H groups in total. The average molecular weight is 592 g/mol. The van der Waals surface area contributed by atoms with E-state index in [1.54, 1.807) is 0 Å². The number of hydrogen-bond acceptors (Lipinski definition) is 7. The number of esters is 1. The van der Waals surface area contributed by atoms with Gasteiger partial charge in [0.15, 0.2) is 0 Å². The van der Waals surface area contributed by atoms with Gasteiger partial charge in [0.1, 0.15) is 19.3 Å². The second-order valence-corrected chi connectivity index (χ2v) is 13.2. The molecule has 9 heteroatoms. The van der Waals surface area contributed by atoms with Crippen LogP contribution in [0.1, 0.15) is 123 Å². The molecule has 0 aromatic rings. The highest BCUT2D eigenvalue weighted by Gasteiger charge is 2.20. The molecule has 0 radical (unpaired) electrons. The van der Waals surface area contributed by atoms with E-state index < -0.39 is 13.9 Å². The van der Waals surface area contributed by atoms with Crippen LogP contribution < -0.4 is 4.89 Å². The van der Waals surface area contributed by atoms with Crippen LogP contribution in [-0.4, -0.2) is 70.7 Å². The Labute approximate surface area is 246 Å². The first-order valence-corrected chi connectivity index (χ1v) is 17.4. The molecule has 0 spiro atoms. The SMILES string of the molecule is CCC/C=C\CCCCCCCC(=O)OC(COCCCCCCCCCC)COP(=O)([O-])OCC[N+](C)(C)C. The van der Waals surface area contributed by atoms with Gasteiger partial charge in [0.25, 0.3) is 7.82 Å². The van der Waals surface area contributed by atoms with Crippen molar-refractivity contribution in [2.24, 2.45) is 0 Å². The summed E-state index contributed by atoms with van der Waals surface area (Å²) in [6.45, 7) is 5.29. The molecule has 0 aliphatic heterocycles. The topological polar surface area (TPSA) is 94.1 Å². The molecule has 40 heavy (non-hydrogen) atoms. The van der Waals surface area contributed by atoms with Crippen molar-refractivity contribution in [2.45, 2.75) is 129 Å². The van der Waals surface area contributed by atoms with Gasteiger partial charge in [0.2, 0.25) is 0 Å². The van der Waals surface area contributed by atoms with Gasteiger partial charge >= 0.3 is 5.97 Å². The fraction of sp³-hybridized carbons (Fsp3) is 0.903. The lowest BCUT2D eigenvalue weighted by Gasteiger charge is -2.28. The molecule has 0 aromatic heterocycles. The number of quaternary nitrogens is 1. The molecular weight excluding hydrogens is 529 g/mol. The number of allylic oxidation sites excluding steroid dienone is 2. The fourth-order valence-electron chi connectivity index (χ4n) is 4.02. The Morgan fingerprint density at radius 2 is 1.35 bits per heavy atom. The van der Waals surface area contributed by atoms with E-state index in [-0.39, 0.29) is 25.8 Å². The fourth-order valence-corrected chi connectivity index (χ4v) is 4.74. The van der Waals surface area contributed by atoms with Crippen molar-refractivity contribution >= 4 is 13.8 Å². The van der Waals surface area contributed by atoms with Crippen molar-refractivity contribution in [1.82, 2.24) is 0 Å². The van der Waals surface area contributed by atoms with Gasteiger partial charge in [0.05, 0.1) is 34.4 Å². The summed E-state index contributed by atoms with van der Waals surface area (Å²) in [5.74, 6) is -0.349. The second kappa shape index (κ2) is 25.9. The second-order valence-electron chi connectivity index (χ2n) is 11.8. The Morgan fingerprint density at radius 3 is 2.00 bits per heavy atom. The van der Waals surface area contributed by atoms with Crippen molar-refractivity contribution in [2.75, 3.05) is 54.1 Å². The maximum absolute atomic E-state index is 12.5. The molecule has 0 aliphatic rings. The first kappa shape index (κ1) is 39.2. The van der Waals surface area contributed by atoms with Gasteiger partial charge < -0.3 is 27.9 Å². The van der Waals surface area contributed by atoms with Crippen molar-refractivity contribution in [1.29, 1.82) is 0 Å². The molecule has 238 valence electrons. The maximum Gasteiger partial charge on any atom is 0.306 e. The van der Waals surface area contributed by atoms with Crippen molar-refractivity contribution in [3.05, 3.63) is 12.2 Å². The predicted octanol–water partition coefficient (Wildman–Crippen LogP) is 7.35. The quantitative estimate of drug-likeness (QED) is 0.0295. The Kier molecular flexibility index (Phi) is 25.4.